The summed E-state index contributed by atoms with van der Waals surface area (Å²) in [6, 6.07) is 0. The van der Waals surface area contributed by atoms with Crippen LogP contribution in [-0.2, 0) is 43.0 Å². The minimum absolute atomic E-state index is 0.581. The number of rotatable bonds is 17. The summed E-state index contributed by atoms with van der Waals surface area (Å²) in [5, 5.41) is 0. The highest BCUT2D eigenvalue weighted by molar-refractivity contribution is 9.26. The van der Waals surface area contributed by atoms with Gasteiger partial charge in [0.25, 0.3) is 0 Å². The number of hydrogen-bond acceptors (Lipinski definition) is 10. The van der Waals surface area contributed by atoms with Crippen LogP contribution >= 0.6 is 55.2 Å². The molecule has 0 rings (SSSR count). The molecule has 0 aromatic carbocycles. The predicted molar refractivity (Wildman–Crippen MR) is 126 cm³/mol. The SMILES string of the molecule is COCCO[P+]([S-])=CCCSSSSCCC=[P+]([S-])OCCOC. The summed E-state index contributed by atoms with van der Waals surface area (Å²) < 4.78 is 20.7. The second-order valence-corrected chi connectivity index (χ2v) is 14.7. The molecule has 0 radical (unpaired) electrons. The molecule has 0 fully saturated rings. The Morgan fingerprint density at radius 2 is 1.17 bits per heavy atom. The molecule has 0 aliphatic carbocycles. The Morgan fingerprint density at radius 1 is 0.750 bits per heavy atom. The van der Waals surface area contributed by atoms with E-state index in [1.807, 2.05) is 41.2 Å². The summed E-state index contributed by atoms with van der Waals surface area (Å²) >= 11 is 10.5. The molecule has 12 heteroatoms. The molecule has 0 bridgehead atoms. The molecule has 0 spiro atoms. The normalized spacial score (nSPS) is 12.8. The van der Waals surface area contributed by atoms with Gasteiger partial charge in [0.05, 0.1) is 24.8 Å². The van der Waals surface area contributed by atoms with Crippen molar-refractivity contribution in [2.24, 2.45) is 0 Å². The van der Waals surface area contributed by atoms with Crippen LogP contribution in [0.4, 0.5) is 0 Å². The molecule has 142 valence electrons. The van der Waals surface area contributed by atoms with Crippen LogP contribution in [0.2, 0.25) is 0 Å². The second-order valence-electron chi connectivity index (χ2n) is 3.95. The van der Waals surface area contributed by atoms with Crippen molar-refractivity contribution in [3.05, 3.63) is 0 Å². The van der Waals surface area contributed by atoms with Gasteiger partial charge in [-0.3, -0.25) is 0 Å². The molecule has 0 N–H and O–H groups in total. The third kappa shape index (κ3) is 20.6. The lowest BCUT2D eigenvalue weighted by Gasteiger charge is -2.00. The van der Waals surface area contributed by atoms with E-state index in [-0.39, 0.29) is 0 Å². The molecular weight excluding hydrogens is 462 g/mol. The molecule has 0 aromatic heterocycles. The van der Waals surface area contributed by atoms with Gasteiger partial charge in [-0.05, 0) is 19.7 Å². The van der Waals surface area contributed by atoms with Crippen LogP contribution in [0.25, 0.3) is 0 Å². The third-order valence-electron chi connectivity index (χ3n) is 2.09. The van der Waals surface area contributed by atoms with Crippen molar-refractivity contribution in [3.8, 4) is 0 Å². The largest absolute Gasteiger partial charge is 0.457 e. The van der Waals surface area contributed by atoms with Gasteiger partial charge in [-0.1, -0.05) is 21.6 Å². The minimum Gasteiger partial charge on any atom is -0.457 e. The van der Waals surface area contributed by atoms with Gasteiger partial charge in [0.15, 0.2) is 0 Å². The molecule has 0 aromatic rings. The molecule has 24 heavy (non-hydrogen) atoms. The first-order chi connectivity index (χ1) is 11.7. The van der Waals surface area contributed by atoms with Crippen molar-refractivity contribution < 1.29 is 18.5 Å². The van der Waals surface area contributed by atoms with Crippen LogP contribution in [0, 0.1) is 0 Å². The quantitative estimate of drug-likeness (QED) is 0.120. The smallest absolute Gasteiger partial charge is 0.120 e. The number of hydrogen-bond donors (Lipinski definition) is 0. The van der Waals surface area contributed by atoms with Gasteiger partial charge >= 0.3 is 0 Å². The van der Waals surface area contributed by atoms with Crippen LogP contribution in [0.1, 0.15) is 12.8 Å². The Kier molecular flexibility index (Phi) is 23.6. The topological polar surface area (TPSA) is 36.9 Å². The van der Waals surface area contributed by atoms with Gasteiger partial charge in [0.2, 0.25) is 0 Å². The Bertz CT molecular complexity index is 318. The maximum absolute atomic E-state index is 5.45. The van der Waals surface area contributed by atoms with Gasteiger partial charge in [-0.15, -0.1) is 0 Å². The van der Waals surface area contributed by atoms with E-state index in [0.29, 0.717) is 26.4 Å². The lowest BCUT2D eigenvalue weighted by Crippen LogP contribution is -1.96. The molecular formula is C12H24O4P2S6. The number of ether oxygens (including phenoxy) is 2. The molecule has 0 amide bonds. The lowest BCUT2D eigenvalue weighted by molar-refractivity contribution is 0.156. The highest BCUT2D eigenvalue weighted by Crippen LogP contribution is 2.43. The molecule has 4 nitrogen and oxygen atoms in total. The second kappa shape index (κ2) is 21.6. The van der Waals surface area contributed by atoms with Crippen LogP contribution in [0.15, 0.2) is 0 Å². The van der Waals surface area contributed by atoms with Gasteiger partial charge in [0, 0.05) is 38.6 Å². The summed E-state index contributed by atoms with van der Waals surface area (Å²) in [4.78, 5) is 0. The predicted octanol–water partition coefficient (Wildman–Crippen LogP) is 5.09. The Labute approximate surface area is 173 Å². The minimum atomic E-state index is -0.825. The van der Waals surface area contributed by atoms with Crippen LogP contribution in [0.5, 0.6) is 0 Å². The van der Waals surface area contributed by atoms with E-state index in [2.05, 4.69) is 11.6 Å². The van der Waals surface area contributed by atoms with Crippen LogP contribution in [0.3, 0.4) is 0 Å². The third-order valence-corrected chi connectivity index (χ3v) is 12.1. The van der Waals surface area contributed by atoms with E-state index >= 15 is 0 Å². The maximum Gasteiger partial charge on any atom is 0.120 e. The van der Waals surface area contributed by atoms with E-state index in [1.54, 1.807) is 14.2 Å². The Balaban J connectivity index is 3.36. The summed E-state index contributed by atoms with van der Waals surface area (Å²) in [5.74, 6) is 6.29. The first-order valence-corrected chi connectivity index (χ1v) is 17.0. The van der Waals surface area contributed by atoms with Gasteiger partial charge in [0.1, 0.15) is 27.2 Å². The molecule has 0 saturated heterocycles. The summed E-state index contributed by atoms with van der Waals surface area (Å²) in [6.45, 7) is 0.718. The Morgan fingerprint density at radius 3 is 1.54 bits per heavy atom. The zero-order valence-electron chi connectivity index (χ0n) is 13.8. The molecule has 0 saturated carbocycles. The molecule has 0 heterocycles. The van der Waals surface area contributed by atoms with Crippen molar-refractivity contribution in [2.75, 3.05) is 52.2 Å². The van der Waals surface area contributed by atoms with Crippen molar-refractivity contribution in [3.63, 3.8) is 0 Å². The van der Waals surface area contributed by atoms with Crippen molar-refractivity contribution in [1.29, 1.82) is 0 Å². The zero-order valence-corrected chi connectivity index (χ0v) is 20.5. The first-order valence-electron chi connectivity index (χ1n) is 7.11. The lowest BCUT2D eigenvalue weighted by atomic mass is 10.6. The van der Waals surface area contributed by atoms with Crippen LogP contribution in [-0.4, -0.2) is 63.7 Å². The maximum atomic E-state index is 5.45. The van der Waals surface area contributed by atoms with Gasteiger partial charge < -0.3 is 34.0 Å². The molecule has 2 atom stereocenters. The van der Waals surface area contributed by atoms with Crippen molar-refractivity contribution in [1.82, 2.24) is 0 Å². The van der Waals surface area contributed by atoms with Crippen molar-refractivity contribution in [2.45, 2.75) is 12.8 Å². The van der Waals surface area contributed by atoms with Gasteiger partial charge in [-0.2, -0.15) is 0 Å². The van der Waals surface area contributed by atoms with E-state index in [0.717, 1.165) is 24.3 Å². The highest BCUT2D eigenvalue weighted by atomic mass is 33.7. The number of methoxy groups -OCH3 is 2. The first kappa shape index (κ1) is 26.3. The van der Waals surface area contributed by atoms with Crippen LogP contribution < -0.4 is 0 Å². The zero-order chi connectivity index (χ0) is 17.9. The van der Waals surface area contributed by atoms with Gasteiger partial charge in [-0.25, -0.2) is 9.05 Å². The summed E-state index contributed by atoms with van der Waals surface area (Å²) in [5.41, 5.74) is 0. The van der Waals surface area contributed by atoms with E-state index < -0.39 is 13.9 Å². The summed E-state index contributed by atoms with van der Waals surface area (Å²) in [7, 11) is 10.6. The fourth-order valence-corrected chi connectivity index (χ4v) is 9.79. The monoisotopic (exact) mass is 486 g/mol. The Hall–Kier alpha value is 2.28. The standard InChI is InChI=1S/C12H24O4P2S6/c1-13-5-7-15-17(19)9-3-11-21-23-24-22-12-4-10-18(20)16-8-6-14-2/h9-10H,3-8,11-12H2,1-2H3. The highest BCUT2D eigenvalue weighted by Gasteiger charge is 1.98. The van der Waals surface area contributed by atoms with E-state index in [9.17, 15) is 0 Å². The average molecular weight is 487 g/mol. The molecule has 0 aliphatic rings. The van der Waals surface area contributed by atoms with Crippen molar-refractivity contribution >= 4 is 91.3 Å². The molecule has 0 aliphatic heterocycles. The van der Waals surface area contributed by atoms with E-state index in [1.165, 1.54) is 0 Å². The molecule has 2 unspecified atom stereocenters. The average Bonchev–Trinajstić information content (AvgIpc) is 2.57. The summed E-state index contributed by atoms with van der Waals surface area (Å²) in [6.07, 6.45) is 1.97. The fraction of sp³-hybridized carbons (Fsp3) is 0.833. The fourth-order valence-electron chi connectivity index (χ4n) is 1.05. The van der Waals surface area contributed by atoms with E-state index in [4.69, 9.17) is 43.0 Å².